The first-order valence-corrected chi connectivity index (χ1v) is 6.39. The molecule has 1 N–H and O–H groups in total. The Hall–Kier alpha value is -2.62. The lowest BCUT2D eigenvalue weighted by Crippen LogP contribution is -1.90. The van der Waals surface area contributed by atoms with E-state index in [1.807, 2.05) is 18.2 Å². The molecule has 2 aromatic carbocycles. The molecule has 3 aromatic rings. The summed E-state index contributed by atoms with van der Waals surface area (Å²) in [5.74, 6) is 1.63. The van der Waals surface area contributed by atoms with Gasteiger partial charge in [0, 0.05) is 11.1 Å². The monoisotopic (exact) mass is 265 g/mol. The second-order valence-corrected chi connectivity index (χ2v) is 4.62. The number of methoxy groups -OCH3 is 1. The lowest BCUT2D eigenvalue weighted by molar-refractivity contribution is 0.416. The minimum Gasteiger partial charge on any atom is -0.496 e. The number of para-hydroxylation sites is 1. The molecule has 3 rings (SSSR count). The normalized spacial score (nSPS) is 10.5. The number of nitrogens with zero attached hydrogens (tertiary/aromatic N) is 2. The molecule has 4 heteroatoms. The highest BCUT2D eigenvalue weighted by Crippen LogP contribution is 2.32. The molecule has 0 aliphatic carbocycles. The predicted octanol–water partition coefficient (Wildman–Crippen LogP) is 3.46. The van der Waals surface area contributed by atoms with E-state index in [2.05, 4.69) is 46.4 Å². The molecule has 0 bridgehead atoms. The standard InChI is InChI=1S/C16H15N3O/c1-11-7-12(14-5-3-4-6-15(14)20-2)9-13(8-11)16-17-10-18-19-16/h3-10H,1-2H3,(H,17,18,19). The van der Waals surface area contributed by atoms with Crippen LogP contribution in [0.4, 0.5) is 0 Å². The minimum atomic E-state index is 0.768. The Morgan fingerprint density at radius 1 is 1.05 bits per heavy atom. The lowest BCUT2D eigenvalue weighted by Gasteiger charge is -2.10. The summed E-state index contributed by atoms with van der Waals surface area (Å²) in [5, 5.41) is 6.80. The molecule has 0 unspecified atom stereocenters. The van der Waals surface area contributed by atoms with E-state index in [1.54, 1.807) is 7.11 Å². The number of H-pyrrole nitrogens is 1. The maximum absolute atomic E-state index is 5.43. The highest BCUT2D eigenvalue weighted by Gasteiger charge is 2.09. The Bertz CT molecular complexity index is 720. The van der Waals surface area contributed by atoms with Crippen LogP contribution in [0.15, 0.2) is 48.8 Å². The molecule has 20 heavy (non-hydrogen) atoms. The maximum atomic E-state index is 5.43. The van der Waals surface area contributed by atoms with Crippen molar-refractivity contribution in [2.45, 2.75) is 6.92 Å². The zero-order chi connectivity index (χ0) is 13.9. The van der Waals surface area contributed by atoms with Crippen molar-refractivity contribution in [3.8, 4) is 28.3 Å². The van der Waals surface area contributed by atoms with Crippen LogP contribution in [0.3, 0.4) is 0 Å². The van der Waals surface area contributed by atoms with Gasteiger partial charge in [-0.15, -0.1) is 0 Å². The van der Waals surface area contributed by atoms with Crippen LogP contribution in [-0.4, -0.2) is 22.3 Å². The molecule has 0 saturated carbocycles. The van der Waals surface area contributed by atoms with E-state index in [0.717, 1.165) is 28.3 Å². The highest BCUT2D eigenvalue weighted by molar-refractivity contribution is 5.75. The maximum Gasteiger partial charge on any atom is 0.155 e. The van der Waals surface area contributed by atoms with Gasteiger partial charge < -0.3 is 4.74 Å². The van der Waals surface area contributed by atoms with Crippen LogP contribution in [0.2, 0.25) is 0 Å². The van der Waals surface area contributed by atoms with E-state index in [-0.39, 0.29) is 0 Å². The van der Waals surface area contributed by atoms with E-state index in [0.29, 0.717) is 0 Å². The van der Waals surface area contributed by atoms with Crippen LogP contribution in [-0.2, 0) is 0 Å². The molecule has 1 aromatic heterocycles. The molecule has 4 nitrogen and oxygen atoms in total. The first kappa shape index (κ1) is 12.4. The number of hydrogen-bond donors (Lipinski definition) is 1. The van der Waals surface area contributed by atoms with Crippen molar-refractivity contribution in [2.75, 3.05) is 7.11 Å². The number of aryl methyl sites for hydroxylation is 1. The van der Waals surface area contributed by atoms with Crippen LogP contribution in [0, 0.1) is 6.92 Å². The van der Waals surface area contributed by atoms with Crippen molar-refractivity contribution in [2.24, 2.45) is 0 Å². The zero-order valence-electron chi connectivity index (χ0n) is 11.4. The van der Waals surface area contributed by atoms with Crippen LogP contribution in [0.25, 0.3) is 22.5 Å². The average Bonchev–Trinajstić information content (AvgIpc) is 3.01. The first-order chi connectivity index (χ1) is 9.78. The third-order valence-electron chi connectivity index (χ3n) is 3.18. The molecule has 1 heterocycles. The molecular formula is C16H15N3O. The predicted molar refractivity (Wildman–Crippen MR) is 78.5 cm³/mol. The third kappa shape index (κ3) is 2.28. The summed E-state index contributed by atoms with van der Waals surface area (Å²) in [7, 11) is 1.69. The fourth-order valence-corrected chi connectivity index (χ4v) is 2.30. The van der Waals surface area contributed by atoms with Gasteiger partial charge in [-0.25, -0.2) is 4.98 Å². The Kier molecular flexibility index (Phi) is 3.21. The first-order valence-electron chi connectivity index (χ1n) is 6.39. The van der Waals surface area contributed by atoms with Crippen LogP contribution in [0.5, 0.6) is 5.75 Å². The molecule has 0 aliphatic heterocycles. The molecule has 0 atom stereocenters. The van der Waals surface area contributed by atoms with E-state index in [4.69, 9.17) is 4.74 Å². The average molecular weight is 265 g/mol. The van der Waals surface area contributed by atoms with Crippen LogP contribution < -0.4 is 4.74 Å². The van der Waals surface area contributed by atoms with Gasteiger partial charge in [0.15, 0.2) is 5.82 Å². The third-order valence-corrected chi connectivity index (χ3v) is 3.18. The van der Waals surface area contributed by atoms with Gasteiger partial charge in [-0.2, -0.15) is 5.10 Å². The summed E-state index contributed by atoms with van der Waals surface area (Å²) in [4.78, 5) is 4.21. The second kappa shape index (κ2) is 5.17. The fourth-order valence-electron chi connectivity index (χ4n) is 2.30. The summed E-state index contributed by atoms with van der Waals surface area (Å²) in [6.07, 6.45) is 1.51. The van der Waals surface area contributed by atoms with E-state index >= 15 is 0 Å². The van der Waals surface area contributed by atoms with Crippen molar-refractivity contribution in [1.29, 1.82) is 0 Å². The molecule has 0 fully saturated rings. The van der Waals surface area contributed by atoms with Gasteiger partial charge in [0.1, 0.15) is 12.1 Å². The minimum absolute atomic E-state index is 0.768. The summed E-state index contributed by atoms with van der Waals surface area (Å²) in [6.45, 7) is 2.07. The summed E-state index contributed by atoms with van der Waals surface area (Å²) in [5.41, 5.74) is 4.36. The van der Waals surface area contributed by atoms with Gasteiger partial charge in [-0.05, 0) is 36.2 Å². The molecule has 0 saturated heterocycles. The fraction of sp³-hybridized carbons (Fsp3) is 0.125. The topological polar surface area (TPSA) is 50.8 Å². The quantitative estimate of drug-likeness (QED) is 0.789. The molecule has 0 radical (unpaired) electrons. The Morgan fingerprint density at radius 3 is 2.60 bits per heavy atom. The van der Waals surface area contributed by atoms with Crippen molar-refractivity contribution < 1.29 is 4.74 Å². The number of aromatic amines is 1. The van der Waals surface area contributed by atoms with Crippen molar-refractivity contribution in [3.63, 3.8) is 0 Å². The number of rotatable bonds is 3. The largest absolute Gasteiger partial charge is 0.496 e. The van der Waals surface area contributed by atoms with E-state index < -0.39 is 0 Å². The summed E-state index contributed by atoms with van der Waals surface area (Å²) >= 11 is 0. The molecule has 0 aliphatic rings. The van der Waals surface area contributed by atoms with Crippen molar-refractivity contribution in [1.82, 2.24) is 15.2 Å². The smallest absolute Gasteiger partial charge is 0.155 e. The van der Waals surface area contributed by atoms with Gasteiger partial charge >= 0.3 is 0 Å². The number of hydrogen-bond acceptors (Lipinski definition) is 3. The van der Waals surface area contributed by atoms with E-state index in [1.165, 1.54) is 11.9 Å². The number of aromatic nitrogens is 3. The molecule has 0 spiro atoms. The van der Waals surface area contributed by atoms with Gasteiger partial charge in [-0.3, -0.25) is 5.10 Å². The van der Waals surface area contributed by atoms with Gasteiger partial charge in [0.2, 0.25) is 0 Å². The zero-order valence-corrected chi connectivity index (χ0v) is 11.4. The summed E-state index contributed by atoms with van der Waals surface area (Å²) < 4.78 is 5.43. The summed E-state index contributed by atoms with van der Waals surface area (Å²) in [6, 6.07) is 14.3. The van der Waals surface area contributed by atoms with Crippen molar-refractivity contribution >= 4 is 0 Å². The van der Waals surface area contributed by atoms with Crippen molar-refractivity contribution in [3.05, 3.63) is 54.4 Å². The second-order valence-electron chi connectivity index (χ2n) is 4.62. The van der Waals surface area contributed by atoms with Crippen LogP contribution in [0.1, 0.15) is 5.56 Å². The number of ether oxygens (including phenoxy) is 1. The van der Waals surface area contributed by atoms with Gasteiger partial charge in [-0.1, -0.05) is 24.3 Å². The SMILES string of the molecule is COc1ccccc1-c1cc(C)cc(-c2ncn[nH]2)c1. The molecular weight excluding hydrogens is 250 g/mol. The molecule has 100 valence electrons. The Balaban J connectivity index is 2.15. The molecule has 0 amide bonds. The highest BCUT2D eigenvalue weighted by atomic mass is 16.5. The Labute approximate surface area is 117 Å². The van der Waals surface area contributed by atoms with Gasteiger partial charge in [0.05, 0.1) is 7.11 Å². The Morgan fingerprint density at radius 2 is 1.85 bits per heavy atom. The van der Waals surface area contributed by atoms with E-state index in [9.17, 15) is 0 Å². The number of benzene rings is 2. The number of nitrogens with one attached hydrogen (secondary N) is 1. The van der Waals surface area contributed by atoms with Crippen LogP contribution >= 0.6 is 0 Å². The lowest BCUT2D eigenvalue weighted by atomic mass is 9.99. The van der Waals surface area contributed by atoms with Gasteiger partial charge in [0.25, 0.3) is 0 Å².